The van der Waals surface area contributed by atoms with E-state index in [9.17, 15) is 9.59 Å². The standard InChI is InChI=1S/C20H18Cl2N4O2S/c1-12(21)17(27)23-16(11-13-5-3-2-4-6-13)18(28)24-20-26-25-19(29-20)14-7-9-15(22)10-8-14/h2-10,12,16H,11H2,1H3,(H,23,27)(H,24,26,28). The Morgan fingerprint density at radius 2 is 1.72 bits per heavy atom. The molecule has 6 nitrogen and oxygen atoms in total. The van der Waals surface area contributed by atoms with Crippen LogP contribution in [0.2, 0.25) is 5.02 Å². The number of nitrogens with zero attached hydrogens (tertiary/aromatic N) is 2. The fourth-order valence-electron chi connectivity index (χ4n) is 2.52. The summed E-state index contributed by atoms with van der Waals surface area (Å²) >= 11 is 13.0. The molecule has 0 bridgehead atoms. The molecule has 3 rings (SSSR count). The molecule has 1 heterocycles. The maximum absolute atomic E-state index is 12.8. The lowest BCUT2D eigenvalue weighted by atomic mass is 10.1. The third-order valence-electron chi connectivity index (χ3n) is 4.02. The van der Waals surface area contributed by atoms with E-state index in [2.05, 4.69) is 20.8 Å². The minimum absolute atomic E-state index is 0.324. The molecule has 0 saturated carbocycles. The third kappa shape index (κ3) is 6.00. The predicted molar refractivity (Wildman–Crippen MR) is 116 cm³/mol. The molecule has 0 saturated heterocycles. The maximum atomic E-state index is 12.8. The van der Waals surface area contributed by atoms with Crippen molar-refractivity contribution in [1.82, 2.24) is 15.5 Å². The number of nitrogens with one attached hydrogen (secondary N) is 2. The summed E-state index contributed by atoms with van der Waals surface area (Å²) in [5, 5.41) is 14.4. The van der Waals surface area contributed by atoms with Crippen LogP contribution in [0.15, 0.2) is 54.6 Å². The average Bonchev–Trinajstić information content (AvgIpc) is 3.17. The van der Waals surface area contributed by atoms with Crippen LogP contribution < -0.4 is 10.6 Å². The molecular formula is C20H18Cl2N4O2S. The van der Waals surface area contributed by atoms with Gasteiger partial charge in [-0.15, -0.1) is 21.8 Å². The lowest BCUT2D eigenvalue weighted by Crippen LogP contribution is -2.47. The number of hydrogen-bond donors (Lipinski definition) is 2. The molecule has 29 heavy (non-hydrogen) atoms. The highest BCUT2D eigenvalue weighted by atomic mass is 35.5. The van der Waals surface area contributed by atoms with Crippen molar-refractivity contribution in [2.75, 3.05) is 5.32 Å². The Labute approximate surface area is 182 Å². The van der Waals surface area contributed by atoms with Gasteiger partial charge in [0.1, 0.15) is 16.4 Å². The Hall–Kier alpha value is -2.48. The minimum atomic E-state index is -0.797. The number of amides is 2. The summed E-state index contributed by atoms with van der Waals surface area (Å²) in [5.74, 6) is -0.805. The SMILES string of the molecule is CC(Cl)C(=O)NC(Cc1ccccc1)C(=O)Nc1nnc(-c2ccc(Cl)cc2)s1. The lowest BCUT2D eigenvalue weighted by Gasteiger charge is -2.18. The topological polar surface area (TPSA) is 84.0 Å². The van der Waals surface area contributed by atoms with Crippen LogP contribution in [0.4, 0.5) is 5.13 Å². The van der Waals surface area contributed by atoms with Crippen molar-refractivity contribution < 1.29 is 9.59 Å². The smallest absolute Gasteiger partial charge is 0.249 e. The summed E-state index contributed by atoms with van der Waals surface area (Å²) in [4.78, 5) is 24.9. The molecule has 150 valence electrons. The van der Waals surface area contributed by atoms with Crippen LogP contribution in [-0.2, 0) is 16.0 Å². The van der Waals surface area contributed by atoms with Crippen LogP contribution in [0.5, 0.6) is 0 Å². The van der Waals surface area contributed by atoms with E-state index in [1.165, 1.54) is 11.3 Å². The molecular weight excluding hydrogens is 431 g/mol. The molecule has 3 aromatic rings. The highest BCUT2D eigenvalue weighted by molar-refractivity contribution is 7.18. The van der Waals surface area contributed by atoms with Gasteiger partial charge in [-0.05, 0) is 24.6 Å². The Kier molecular flexibility index (Phi) is 7.19. The van der Waals surface area contributed by atoms with Gasteiger partial charge < -0.3 is 5.32 Å². The van der Waals surface area contributed by atoms with Gasteiger partial charge in [0, 0.05) is 17.0 Å². The average molecular weight is 449 g/mol. The molecule has 0 aliphatic carbocycles. The quantitative estimate of drug-likeness (QED) is 0.531. The molecule has 0 fully saturated rings. The molecule has 0 aliphatic rings. The number of alkyl halides is 1. The van der Waals surface area contributed by atoms with Crippen LogP contribution in [0.1, 0.15) is 12.5 Å². The minimum Gasteiger partial charge on any atom is -0.343 e. The Morgan fingerprint density at radius 1 is 1.03 bits per heavy atom. The molecule has 2 N–H and O–H groups in total. The first-order valence-corrected chi connectivity index (χ1v) is 10.4. The molecule has 0 spiro atoms. The van der Waals surface area contributed by atoms with Crippen LogP contribution in [0.25, 0.3) is 10.6 Å². The molecule has 9 heteroatoms. The van der Waals surface area contributed by atoms with Gasteiger partial charge >= 0.3 is 0 Å². The van der Waals surface area contributed by atoms with Gasteiger partial charge in [-0.2, -0.15) is 0 Å². The van der Waals surface area contributed by atoms with Crippen molar-refractivity contribution in [2.24, 2.45) is 0 Å². The van der Waals surface area contributed by atoms with Gasteiger partial charge in [-0.1, -0.05) is 65.4 Å². The van der Waals surface area contributed by atoms with E-state index < -0.39 is 23.2 Å². The molecule has 2 amide bonds. The summed E-state index contributed by atoms with van der Waals surface area (Å²) in [7, 11) is 0. The van der Waals surface area contributed by atoms with E-state index in [-0.39, 0.29) is 0 Å². The second-order valence-corrected chi connectivity index (χ2v) is 8.34. The maximum Gasteiger partial charge on any atom is 0.249 e. The van der Waals surface area contributed by atoms with Crippen molar-refractivity contribution in [1.29, 1.82) is 0 Å². The molecule has 2 atom stereocenters. The van der Waals surface area contributed by atoms with Gasteiger partial charge in [-0.25, -0.2) is 0 Å². The van der Waals surface area contributed by atoms with Crippen LogP contribution in [-0.4, -0.2) is 33.4 Å². The Bertz CT molecular complexity index is 978. The fourth-order valence-corrected chi connectivity index (χ4v) is 3.46. The van der Waals surface area contributed by atoms with Gasteiger partial charge in [0.2, 0.25) is 16.9 Å². The molecule has 1 aromatic heterocycles. The van der Waals surface area contributed by atoms with E-state index in [1.54, 1.807) is 19.1 Å². The molecule has 0 radical (unpaired) electrons. The zero-order chi connectivity index (χ0) is 20.8. The zero-order valence-corrected chi connectivity index (χ0v) is 17.8. The molecule has 2 unspecified atom stereocenters. The van der Waals surface area contributed by atoms with E-state index in [1.807, 2.05) is 42.5 Å². The second kappa shape index (κ2) is 9.82. The lowest BCUT2D eigenvalue weighted by molar-refractivity contribution is -0.126. The number of hydrogen-bond acceptors (Lipinski definition) is 5. The van der Waals surface area contributed by atoms with Crippen molar-refractivity contribution in [3.8, 4) is 10.6 Å². The van der Waals surface area contributed by atoms with Gasteiger partial charge in [0.15, 0.2) is 0 Å². The van der Waals surface area contributed by atoms with Gasteiger partial charge in [0.05, 0.1) is 0 Å². The first-order chi connectivity index (χ1) is 13.9. The number of benzene rings is 2. The van der Waals surface area contributed by atoms with Gasteiger partial charge in [0.25, 0.3) is 0 Å². The van der Waals surface area contributed by atoms with E-state index in [0.717, 1.165) is 11.1 Å². The summed E-state index contributed by atoms with van der Waals surface area (Å²) in [6.45, 7) is 1.55. The number of aromatic nitrogens is 2. The van der Waals surface area contributed by atoms with Crippen molar-refractivity contribution in [3.63, 3.8) is 0 Å². The van der Waals surface area contributed by atoms with Crippen molar-refractivity contribution in [2.45, 2.75) is 24.8 Å². The third-order valence-corrected chi connectivity index (χ3v) is 5.36. The summed E-state index contributed by atoms with van der Waals surface area (Å²) < 4.78 is 0. The van der Waals surface area contributed by atoms with Crippen molar-refractivity contribution >= 4 is 51.5 Å². The highest BCUT2D eigenvalue weighted by Crippen LogP contribution is 2.27. The predicted octanol–water partition coefficient (Wildman–Crippen LogP) is 4.15. The van der Waals surface area contributed by atoms with Crippen LogP contribution in [0, 0.1) is 0 Å². The molecule has 0 aliphatic heterocycles. The summed E-state index contributed by atoms with van der Waals surface area (Å²) in [6.07, 6.45) is 0.324. The van der Waals surface area contributed by atoms with E-state index >= 15 is 0 Å². The van der Waals surface area contributed by atoms with Crippen molar-refractivity contribution in [3.05, 3.63) is 65.2 Å². The normalized spacial score (nSPS) is 12.8. The number of anilines is 1. The first-order valence-electron chi connectivity index (χ1n) is 8.81. The first kappa shape index (κ1) is 21.2. The second-order valence-electron chi connectivity index (χ2n) is 6.28. The largest absolute Gasteiger partial charge is 0.343 e. The fraction of sp³-hybridized carbons (Fsp3) is 0.200. The number of rotatable bonds is 7. The van der Waals surface area contributed by atoms with E-state index in [0.29, 0.717) is 21.6 Å². The Morgan fingerprint density at radius 3 is 2.38 bits per heavy atom. The van der Waals surface area contributed by atoms with Gasteiger partial charge in [-0.3, -0.25) is 14.9 Å². The number of halogens is 2. The Balaban J connectivity index is 1.73. The van der Waals surface area contributed by atoms with Crippen LogP contribution >= 0.6 is 34.5 Å². The molecule has 2 aromatic carbocycles. The number of carbonyl (C=O) groups excluding carboxylic acids is 2. The van der Waals surface area contributed by atoms with E-state index in [4.69, 9.17) is 23.2 Å². The summed E-state index contributed by atoms with van der Waals surface area (Å²) in [6, 6.07) is 15.8. The number of carbonyl (C=O) groups is 2. The summed E-state index contributed by atoms with van der Waals surface area (Å²) in [5.41, 5.74) is 1.76. The zero-order valence-electron chi connectivity index (χ0n) is 15.4. The highest BCUT2D eigenvalue weighted by Gasteiger charge is 2.24. The monoisotopic (exact) mass is 448 g/mol. The van der Waals surface area contributed by atoms with Crippen LogP contribution in [0.3, 0.4) is 0 Å².